The molecule has 0 aromatic heterocycles. The van der Waals surface area contributed by atoms with Gasteiger partial charge in [-0.3, -0.25) is 0 Å². The lowest BCUT2D eigenvalue weighted by Gasteiger charge is -2.51. The van der Waals surface area contributed by atoms with Crippen molar-refractivity contribution < 1.29 is 14.3 Å². The highest BCUT2D eigenvalue weighted by atomic mass is 28.4. The average molecular weight is 341 g/mol. The van der Waals surface area contributed by atoms with Crippen molar-refractivity contribution >= 4 is 8.32 Å². The highest BCUT2D eigenvalue weighted by Crippen LogP contribution is 2.67. The molecule has 2 aliphatic carbocycles. The Morgan fingerprint density at radius 2 is 1.91 bits per heavy atom. The van der Waals surface area contributed by atoms with Crippen LogP contribution in [-0.4, -0.2) is 37.8 Å². The van der Waals surface area contributed by atoms with Crippen LogP contribution in [0.25, 0.3) is 0 Å². The van der Waals surface area contributed by atoms with Crippen molar-refractivity contribution in [3.05, 3.63) is 0 Å². The predicted octanol–water partition coefficient (Wildman–Crippen LogP) is 4.50. The van der Waals surface area contributed by atoms with Crippen molar-refractivity contribution in [3.63, 3.8) is 0 Å². The standard InChI is InChI=1S/C19H36O3Si/c1-17(2,3)23(5,6)21-13-11-14-9-10-16-19(22-16)12-7-8-15(20)18(14,19)4/h14-16,20H,7-13H2,1-6H3/t14-,15-,16+,18-,19+/m1/s1. The van der Waals surface area contributed by atoms with Gasteiger partial charge in [0, 0.05) is 12.0 Å². The minimum atomic E-state index is -1.68. The first-order chi connectivity index (χ1) is 10.5. The van der Waals surface area contributed by atoms with Gasteiger partial charge in [-0.15, -0.1) is 0 Å². The van der Waals surface area contributed by atoms with E-state index in [-0.39, 0.29) is 22.2 Å². The second-order valence-electron chi connectivity index (χ2n) is 9.86. The van der Waals surface area contributed by atoms with Gasteiger partial charge in [-0.1, -0.05) is 27.7 Å². The Balaban J connectivity index is 1.66. The number of aliphatic hydroxyl groups excluding tert-OH is 1. The minimum absolute atomic E-state index is 0.00937. The number of epoxide rings is 1. The molecule has 0 amide bonds. The van der Waals surface area contributed by atoms with E-state index in [0.29, 0.717) is 12.0 Å². The van der Waals surface area contributed by atoms with Gasteiger partial charge < -0.3 is 14.3 Å². The van der Waals surface area contributed by atoms with E-state index in [1.807, 2.05) is 0 Å². The SMILES string of the molecule is CC(C)(C)[Si](C)(C)OCC[C@H]1CC[C@@H]2O[C@@]23CCC[C@@H](O)[C@@]13C. The molecule has 0 unspecified atom stereocenters. The fourth-order valence-corrected chi connectivity index (χ4v) is 6.06. The molecule has 3 rings (SSSR count). The van der Waals surface area contributed by atoms with Gasteiger partial charge in [0.15, 0.2) is 8.32 Å². The minimum Gasteiger partial charge on any atom is -0.417 e. The molecule has 0 bridgehead atoms. The third-order valence-corrected chi connectivity index (χ3v) is 12.3. The predicted molar refractivity (Wildman–Crippen MR) is 96.1 cm³/mol. The van der Waals surface area contributed by atoms with Gasteiger partial charge in [0.1, 0.15) is 5.60 Å². The monoisotopic (exact) mass is 340 g/mol. The van der Waals surface area contributed by atoms with Crippen molar-refractivity contribution in [3.8, 4) is 0 Å². The molecule has 1 aliphatic heterocycles. The summed E-state index contributed by atoms with van der Waals surface area (Å²) in [6.45, 7) is 14.7. The van der Waals surface area contributed by atoms with Gasteiger partial charge in [0.2, 0.25) is 0 Å². The Kier molecular flexibility index (Phi) is 4.32. The van der Waals surface area contributed by atoms with Crippen LogP contribution in [0.2, 0.25) is 18.1 Å². The van der Waals surface area contributed by atoms with Gasteiger partial charge in [0.05, 0.1) is 12.2 Å². The van der Waals surface area contributed by atoms with E-state index in [1.165, 1.54) is 12.8 Å². The summed E-state index contributed by atoms with van der Waals surface area (Å²) in [5, 5.41) is 11.1. The van der Waals surface area contributed by atoms with Crippen molar-refractivity contribution in [2.45, 2.75) is 102 Å². The largest absolute Gasteiger partial charge is 0.417 e. The Hall–Kier alpha value is 0.0969. The summed E-state index contributed by atoms with van der Waals surface area (Å²) < 4.78 is 12.6. The summed E-state index contributed by atoms with van der Waals surface area (Å²) in [6, 6.07) is 0. The molecule has 1 heterocycles. The maximum absolute atomic E-state index is 10.8. The second kappa shape index (κ2) is 5.55. The molecule has 3 aliphatic rings. The Bertz CT molecular complexity index is 458. The molecule has 134 valence electrons. The molecule has 0 aromatic carbocycles. The van der Waals surface area contributed by atoms with Crippen molar-refractivity contribution in [2.24, 2.45) is 11.3 Å². The average Bonchev–Trinajstić information content (AvgIpc) is 3.14. The van der Waals surface area contributed by atoms with Gasteiger partial charge in [-0.2, -0.15) is 0 Å². The van der Waals surface area contributed by atoms with Crippen LogP contribution in [0, 0.1) is 11.3 Å². The zero-order valence-corrected chi connectivity index (χ0v) is 16.9. The van der Waals surface area contributed by atoms with Crippen LogP contribution in [0.5, 0.6) is 0 Å². The summed E-state index contributed by atoms with van der Waals surface area (Å²) in [7, 11) is -1.68. The van der Waals surface area contributed by atoms with E-state index in [1.54, 1.807) is 0 Å². The van der Waals surface area contributed by atoms with Crippen LogP contribution in [0.4, 0.5) is 0 Å². The maximum atomic E-state index is 10.8. The number of hydrogen-bond donors (Lipinski definition) is 1. The summed E-state index contributed by atoms with van der Waals surface area (Å²) in [5.41, 5.74) is -0.0739. The maximum Gasteiger partial charge on any atom is 0.191 e. The normalized spacial score (nSPS) is 43.7. The first kappa shape index (κ1) is 17.9. The van der Waals surface area contributed by atoms with Crippen molar-refractivity contribution in [1.82, 2.24) is 0 Å². The Labute approximate surface area is 143 Å². The van der Waals surface area contributed by atoms with E-state index in [2.05, 4.69) is 40.8 Å². The zero-order valence-electron chi connectivity index (χ0n) is 15.9. The molecule has 4 heteroatoms. The lowest BCUT2D eigenvalue weighted by molar-refractivity contribution is -0.106. The quantitative estimate of drug-likeness (QED) is 0.605. The molecule has 3 fully saturated rings. The summed E-state index contributed by atoms with van der Waals surface area (Å²) in [6.07, 6.45) is 6.82. The molecular formula is C19H36O3Si. The second-order valence-corrected chi connectivity index (χ2v) is 14.7. The molecule has 5 atom stereocenters. The van der Waals surface area contributed by atoms with E-state index >= 15 is 0 Å². The van der Waals surface area contributed by atoms with Crippen LogP contribution >= 0.6 is 0 Å². The molecule has 0 aromatic rings. The summed E-state index contributed by atoms with van der Waals surface area (Å²) in [5.74, 6) is 0.529. The number of hydrogen-bond acceptors (Lipinski definition) is 3. The van der Waals surface area contributed by atoms with Crippen molar-refractivity contribution in [2.75, 3.05) is 6.61 Å². The lowest BCUT2D eigenvalue weighted by atomic mass is 9.53. The highest BCUT2D eigenvalue weighted by Gasteiger charge is 2.73. The number of aliphatic hydroxyl groups is 1. The van der Waals surface area contributed by atoms with Crippen LogP contribution in [0.15, 0.2) is 0 Å². The van der Waals surface area contributed by atoms with Gasteiger partial charge in [-0.05, 0) is 62.6 Å². The topological polar surface area (TPSA) is 42.0 Å². The van der Waals surface area contributed by atoms with Crippen LogP contribution in [0.3, 0.4) is 0 Å². The fraction of sp³-hybridized carbons (Fsp3) is 1.00. The third kappa shape index (κ3) is 2.64. The fourth-order valence-electron chi connectivity index (χ4n) is 5.00. The summed E-state index contributed by atoms with van der Waals surface area (Å²) >= 11 is 0. The summed E-state index contributed by atoms with van der Waals surface area (Å²) in [4.78, 5) is 0. The van der Waals surface area contributed by atoms with E-state index < -0.39 is 8.32 Å². The first-order valence-electron chi connectivity index (χ1n) is 9.54. The van der Waals surface area contributed by atoms with Gasteiger partial charge >= 0.3 is 0 Å². The van der Waals surface area contributed by atoms with E-state index in [0.717, 1.165) is 32.3 Å². The number of ether oxygens (including phenoxy) is 1. The molecule has 23 heavy (non-hydrogen) atoms. The number of rotatable bonds is 4. The third-order valence-electron chi connectivity index (χ3n) is 7.81. The Morgan fingerprint density at radius 1 is 1.22 bits per heavy atom. The van der Waals surface area contributed by atoms with E-state index in [4.69, 9.17) is 9.16 Å². The smallest absolute Gasteiger partial charge is 0.191 e. The molecule has 1 N–H and O–H groups in total. The first-order valence-corrected chi connectivity index (χ1v) is 12.5. The molecular weight excluding hydrogens is 304 g/mol. The Morgan fingerprint density at radius 3 is 2.57 bits per heavy atom. The van der Waals surface area contributed by atoms with Crippen LogP contribution < -0.4 is 0 Å². The van der Waals surface area contributed by atoms with Crippen LogP contribution in [-0.2, 0) is 9.16 Å². The zero-order chi connectivity index (χ0) is 17.1. The molecule has 3 nitrogen and oxygen atoms in total. The van der Waals surface area contributed by atoms with Crippen LogP contribution in [0.1, 0.15) is 66.2 Å². The molecule has 1 spiro atoms. The molecule has 0 radical (unpaired) electrons. The van der Waals surface area contributed by atoms with E-state index in [9.17, 15) is 5.11 Å². The van der Waals surface area contributed by atoms with Gasteiger partial charge in [0.25, 0.3) is 0 Å². The molecule has 2 saturated carbocycles. The lowest BCUT2D eigenvalue weighted by Crippen LogP contribution is -2.56. The van der Waals surface area contributed by atoms with Crippen molar-refractivity contribution in [1.29, 1.82) is 0 Å². The highest BCUT2D eigenvalue weighted by molar-refractivity contribution is 6.74. The van der Waals surface area contributed by atoms with Gasteiger partial charge in [-0.25, -0.2) is 0 Å². The molecule has 1 saturated heterocycles.